The maximum absolute atomic E-state index is 12.2. The van der Waals surface area contributed by atoms with E-state index in [0.717, 1.165) is 12.1 Å². The Hall–Kier alpha value is -1.87. The summed E-state index contributed by atoms with van der Waals surface area (Å²) in [7, 11) is 0. The molecule has 0 aliphatic rings. The van der Waals surface area contributed by atoms with Crippen LogP contribution in [0.4, 0.5) is 0 Å². The number of hydrogen-bond acceptors (Lipinski definition) is 2. The van der Waals surface area contributed by atoms with E-state index in [1.165, 1.54) is 10.4 Å². The number of thiophene rings is 1. The Morgan fingerprint density at radius 1 is 1.30 bits per heavy atom. The van der Waals surface area contributed by atoms with Gasteiger partial charge in [0.05, 0.1) is 6.54 Å². The third-order valence-electron chi connectivity index (χ3n) is 3.08. The predicted molar refractivity (Wildman–Crippen MR) is 85.6 cm³/mol. The molecule has 0 aliphatic carbocycles. The van der Waals surface area contributed by atoms with Gasteiger partial charge in [0.2, 0.25) is 5.91 Å². The number of aryl methyl sites for hydroxylation is 1. The highest BCUT2D eigenvalue weighted by Crippen LogP contribution is 2.12. The molecule has 104 valence electrons. The Bertz CT molecular complexity index is 587. The van der Waals surface area contributed by atoms with Crippen molar-refractivity contribution >= 4 is 23.3 Å². The van der Waals surface area contributed by atoms with Crippen LogP contribution >= 0.6 is 11.3 Å². The number of carbonyl (C=O) groups excluding carboxylic acids is 1. The highest BCUT2D eigenvalue weighted by atomic mass is 32.1. The van der Waals surface area contributed by atoms with Crippen LogP contribution in [0.2, 0.25) is 0 Å². The van der Waals surface area contributed by atoms with Crippen molar-refractivity contribution in [3.8, 4) is 0 Å². The monoisotopic (exact) mass is 285 g/mol. The molecule has 0 atom stereocenters. The number of hydrogen-bond donors (Lipinski definition) is 0. The summed E-state index contributed by atoms with van der Waals surface area (Å²) in [4.78, 5) is 15.3. The van der Waals surface area contributed by atoms with E-state index < -0.39 is 0 Å². The highest BCUT2D eigenvalue weighted by Gasteiger charge is 2.09. The van der Waals surface area contributed by atoms with Crippen LogP contribution in [0.25, 0.3) is 6.08 Å². The number of rotatable bonds is 5. The van der Waals surface area contributed by atoms with Crippen molar-refractivity contribution in [1.29, 1.82) is 0 Å². The molecule has 3 heteroatoms. The van der Waals surface area contributed by atoms with Gasteiger partial charge in [-0.2, -0.15) is 0 Å². The molecule has 0 bridgehead atoms. The Morgan fingerprint density at radius 2 is 2.15 bits per heavy atom. The van der Waals surface area contributed by atoms with Gasteiger partial charge in [0.1, 0.15) is 0 Å². The van der Waals surface area contributed by atoms with E-state index in [-0.39, 0.29) is 5.91 Å². The molecule has 2 aromatic rings. The SMILES string of the molecule is CCN(Cc1cccs1)C(=O)C=Cc1cccc(C)c1. The maximum Gasteiger partial charge on any atom is 0.246 e. The van der Waals surface area contributed by atoms with Crippen LogP contribution in [0.5, 0.6) is 0 Å². The second-order valence-electron chi connectivity index (χ2n) is 4.68. The molecule has 0 unspecified atom stereocenters. The van der Waals surface area contributed by atoms with Crippen molar-refractivity contribution in [2.24, 2.45) is 0 Å². The lowest BCUT2D eigenvalue weighted by Gasteiger charge is -2.18. The van der Waals surface area contributed by atoms with Crippen molar-refractivity contribution < 1.29 is 4.79 Å². The lowest BCUT2D eigenvalue weighted by molar-refractivity contribution is -0.126. The first-order chi connectivity index (χ1) is 9.69. The zero-order valence-electron chi connectivity index (χ0n) is 11.9. The number of benzene rings is 1. The number of amides is 1. The van der Waals surface area contributed by atoms with Gasteiger partial charge >= 0.3 is 0 Å². The molecular weight excluding hydrogens is 266 g/mol. The molecular formula is C17H19NOS. The minimum Gasteiger partial charge on any atom is -0.334 e. The van der Waals surface area contributed by atoms with Crippen LogP contribution in [0.3, 0.4) is 0 Å². The van der Waals surface area contributed by atoms with Gasteiger partial charge in [0.15, 0.2) is 0 Å². The minimum absolute atomic E-state index is 0.0578. The fraction of sp³-hybridized carbons (Fsp3) is 0.235. The van der Waals surface area contributed by atoms with Gasteiger partial charge in [-0.25, -0.2) is 0 Å². The molecule has 0 saturated heterocycles. The molecule has 0 saturated carbocycles. The molecule has 0 aliphatic heterocycles. The number of likely N-dealkylation sites (N-methyl/N-ethyl adjacent to an activating group) is 1. The summed E-state index contributed by atoms with van der Waals surface area (Å²) in [5, 5.41) is 2.04. The van der Waals surface area contributed by atoms with Gasteiger partial charge < -0.3 is 4.90 Å². The van der Waals surface area contributed by atoms with Crippen molar-refractivity contribution in [3.05, 3.63) is 63.9 Å². The van der Waals surface area contributed by atoms with Crippen molar-refractivity contribution in [2.75, 3.05) is 6.54 Å². The third-order valence-corrected chi connectivity index (χ3v) is 3.94. The van der Waals surface area contributed by atoms with E-state index in [1.54, 1.807) is 17.4 Å². The fourth-order valence-corrected chi connectivity index (χ4v) is 2.70. The van der Waals surface area contributed by atoms with E-state index in [4.69, 9.17) is 0 Å². The lowest BCUT2D eigenvalue weighted by atomic mass is 10.1. The molecule has 1 heterocycles. The average molecular weight is 285 g/mol. The Balaban J connectivity index is 2.02. The Kier molecular flexibility index (Phi) is 5.13. The molecule has 1 amide bonds. The first-order valence-electron chi connectivity index (χ1n) is 6.75. The topological polar surface area (TPSA) is 20.3 Å². The lowest BCUT2D eigenvalue weighted by Crippen LogP contribution is -2.28. The van der Waals surface area contributed by atoms with E-state index in [9.17, 15) is 4.79 Å². The summed E-state index contributed by atoms with van der Waals surface area (Å²) >= 11 is 1.68. The van der Waals surface area contributed by atoms with Gasteiger partial charge in [0.25, 0.3) is 0 Å². The van der Waals surface area contributed by atoms with Crippen LogP contribution in [-0.2, 0) is 11.3 Å². The molecule has 2 rings (SSSR count). The zero-order chi connectivity index (χ0) is 14.4. The fourth-order valence-electron chi connectivity index (χ4n) is 1.98. The van der Waals surface area contributed by atoms with Crippen LogP contribution in [0, 0.1) is 6.92 Å². The third kappa shape index (κ3) is 4.07. The van der Waals surface area contributed by atoms with Crippen LogP contribution in [-0.4, -0.2) is 17.4 Å². The number of carbonyl (C=O) groups is 1. The first-order valence-corrected chi connectivity index (χ1v) is 7.63. The molecule has 20 heavy (non-hydrogen) atoms. The second kappa shape index (κ2) is 7.06. The summed E-state index contributed by atoms with van der Waals surface area (Å²) in [6, 6.07) is 12.2. The molecule has 2 nitrogen and oxygen atoms in total. The van der Waals surface area contributed by atoms with Crippen molar-refractivity contribution in [2.45, 2.75) is 20.4 Å². The molecule has 0 spiro atoms. The smallest absolute Gasteiger partial charge is 0.246 e. The summed E-state index contributed by atoms with van der Waals surface area (Å²) in [6.07, 6.45) is 3.54. The van der Waals surface area contributed by atoms with Gasteiger partial charge in [-0.15, -0.1) is 11.3 Å². The molecule has 0 N–H and O–H groups in total. The Morgan fingerprint density at radius 3 is 2.80 bits per heavy atom. The minimum atomic E-state index is 0.0578. The second-order valence-corrected chi connectivity index (χ2v) is 5.71. The summed E-state index contributed by atoms with van der Waals surface area (Å²) in [6.45, 7) is 5.46. The molecule has 1 aromatic heterocycles. The van der Waals surface area contributed by atoms with Crippen LogP contribution in [0.1, 0.15) is 22.9 Å². The largest absolute Gasteiger partial charge is 0.334 e. The Labute approximate surface area is 124 Å². The quantitative estimate of drug-likeness (QED) is 0.757. The average Bonchev–Trinajstić information content (AvgIpc) is 2.95. The van der Waals surface area contributed by atoms with Gasteiger partial charge in [0, 0.05) is 17.5 Å². The van der Waals surface area contributed by atoms with Crippen LogP contribution < -0.4 is 0 Å². The summed E-state index contributed by atoms with van der Waals surface area (Å²) in [5.74, 6) is 0.0578. The van der Waals surface area contributed by atoms with E-state index in [2.05, 4.69) is 12.1 Å². The molecule has 0 radical (unpaired) electrons. The maximum atomic E-state index is 12.2. The highest BCUT2D eigenvalue weighted by molar-refractivity contribution is 7.09. The van der Waals surface area contributed by atoms with Crippen molar-refractivity contribution in [1.82, 2.24) is 4.90 Å². The van der Waals surface area contributed by atoms with E-state index in [0.29, 0.717) is 6.54 Å². The van der Waals surface area contributed by atoms with E-state index >= 15 is 0 Å². The van der Waals surface area contributed by atoms with Gasteiger partial charge in [-0.05, 0) is 36.9 Å². The predicted octanol–water partition coefficient (Wildman–Crippen LogP) is 4.12. The molecule has 1 aromatic carbocycles. The summed E-state index contributed by atoms with van der Waals surface area (Å²) in [5.41, 5.74) is 2.26. The van der Waals surface area contributed by atoms with Gasteiger partial charge in [-0.1, -0.05) is 35.9 Å². The van der Waals surface area contributed by atoms with Crippen molar-refractivity contribution in [3.63, 3.8) is 0 Å². The standard InChI is InChI=1S/C17H19NOS/c1-3-18(13-16-8-5-11-20-16)17(19)10-9-15-7-4-6-14(2)12-15/h4-12H,3,13H2,1-2H3. The van der Waals surface area contributed by atoms with Crippen LogP contribution in [0.15, 0.2) is 47.9 Å². The first kappa shape index (κ1) is 14.5. The normalized spacial score (nSPS) is 10.9. The summed E-state index contributed by atoms with van der Waals surface area (Å²) < 4.78 is 0. The van der Waals surface area contributed by atoms with Gasteiger partial charge in [-0.3, -0.25) is 4.79 Å². The molecule has 0 fully saturated rings. The number of nitrogens with zero attached hydrogens (tertiary/aromatic N) is 1. The zero-order valence-corrected chi connectivity index (χ0v) is 12.7. The van der Waals surface area contributed by atoms with E-state index in [1.807, 2.05) is 54.5 Å².